The highest BCUT2D eigenvalue weighted by molar-refractivity contribution is 4.93. The molecule has 0 radical (unpaired) electrons. The summed E-state index contributed by atoms with van der Waals surface area (Å²) in [4.78, 5) is 0. The van der Waals surface area contributed by atoms with Gasteiger partial charge in [-0.05, 0) is 61.7 Å². The van der Waals surface area contributed by atoms with Crippen molar-refractivity contribution < 1.29 is 0 Å². The predicted molar refractivity (Wildman–Crippen MR) is 76.0 cm³/mol. The first-order valence-electron chi connectivity index (χ1n) is 8.26. The summed E-state index contributed by atoms with van der Waals surface area (Å²) >= 11 is 0. The Labute approximate surface area is 109 Å². The molecule has 2 aliphatic carbocycles. The lowest BCUT2D eigenvalue weighted by Crippen LogP contribution is -2.21. The van der Waals surface area contributed by atoms with E-state index < -0.39 is 0 Å². The van der Waals surface area contributed by atoms with Crippen molar-refractivity contribution in [1.29, 1.82) is 0 Å². The van der Waals surface area contributed by atoms with Crippen molar-refractivity contribution in [2.75, 3.05) is 0 Å². The van der Waals surface area contributed by atoms with E-state index in [9.17, 15) is 0 Å². The summed E-state index contributed by atoms with van der Waals surface area (Å²) in [7, 11) is 0. The van der Waals surface area contributed by atoms with Gasteiger partial charge in [0, 0.05) is 0 Å². The Balaban J connectivity index is 1.68. The van der Waals surface area contributed by atoms with Gasteiger partial charge in [0.15, 0.2) is 0 Å². The average Bonchev–Trinajstić information content (AvgIpc) is 3.10. The van der Waals surface area contributed by atoms with Crippen molar-refractivity contribution in [3.8, 4) is 0 Å². The Morgan fingerprint density at radius 3 is 2.29 bits per heavy atom. The van der Waals surface area contributed by atoms with Crippen LogP contribution in [0.25, 0.3) is 0 Å². The normalized spacial score (nSPS) is 39.0. The number of hydrogen-bond acceptors (Lipinski definition) is 0. The lowest BCUT2D eigenvalue weighted by molar-refractivity contribution is 0.188. The van der Waals surface area contributed by atoms with E-state index in [-0.39, 0.29) is 0 Å². The zero-order chi connectivity index (χ0) is 12.3. The van der Waals surface area contributed by atoms with Gasteiger partial charge in [0.1, 0.15) is 0 Å². The Bertz CT molecular complexity index is 212. The second-order valence-corrected chi connectivity index (χ2v) is 6.89. The van der Waals surface area contributed by atoms with Gasteiger partial charge >= 0.3 is 0 Å². The Kier molecular flexibility index (Phi) is 4.94. The van der Waals surface area contributed by atoms with Gasteiger partial charge in [-0.1, -0.05) is 46.5 Å². The smallest absolute Gasteiger partial charge is 0.0355 e. The second-order valence-electron chi connectivity index (χ2n) is 6.89. The van der Waals surface area contributed by atoms with Gasteiger partial charge in [0.05, 0.1) is 0 Å². The van der Waals surface area contributed by atoms with Crippen molar-refractivity contribution in [2.24, 2.45) is 29.6 Å². The van der Waals surface area contributed by atoms with Crippen LogP contribution < -0.4 is 0 Å². The third-order valence-corrected chi connectivity index (χ3v) is 5.61. The van der Waals surface area contributed by atoms with E-state index in [0.717, 1.165) is 29.6 Å². The number of hydrogen-bond donors (Lipinski definition) is 0. The topological polar surface area (TPSA) is 0 Å². The van der Waals surface area contributed by atoms with Gasteiger partial charge in [0.2, 0.25) is 0 Å². The first-order chi connectivity index (χ1) is 8.26. The molecule has 2 saturated carbocycles. The van der Waals surface area contributed by atoms with Gasteiger partial charge < -0.3 is 0 Å². The van der Waals surface area contributed by atoms with Gasteiger partial charge in [-0.3, -0.25) is 0 Å². The summed E-state index contributed by atoms with van der Waals surface area (Å²) in [5.74, 6) is 5.46. The molecule has 0 heterocycles. The van der Waals surface area contributed by atoms with E-state index in [1.54, 1.807) is 32.1 Å². The highest BCUT2D eigenvalue weighted by atomic mass is 14.5. The second kappa shape index (κ2) is 6.25. The van der Waals surface area contributed by atoms with Gasteiger partial charge in [-0.2, -0.15) is 0 Å². The predicted octanol–water partition coefficient (Wildman–Crippen LogP) is 5.67. The van der Waals surface area contributed by atoms with Crippen LogP contribution in [-0.2, 0) is 0 Å². The molecule has 0 heteroatoms. The zero-order valence-corrected chi connectivity index (χ0v) is 12.3. The molecule has 3 atom stereocenters. The van der Waals surface area contributed by atoms with E-state index in [1.165, 1.54) is 25.7 Å². The highest BCUT2D eigenvalue weighted by Gasteiger charge is 2.42. The quantitative estimate of drug-likeness (QED) is 0.558. The molecule has 17 heavy (non-hydrogen) atoms. The Morgan fingerprint density at radius 1 is 1.00 bits per heavy atom. The Morgan fingerprint density at radius 2 is 1.71 bits per heavy atom. The van der Waals surface area contributed by atoms with Crippen molar-refractivity contribution in [1.82, 2.24) is 0 Å². The monoisotopic (exact) mass is 236 g/mol. The van der Waals surface area contributed by atoms with Gasteiger partial charge in [-0.25, -0.2) is 0 Å². The fourth-order valence-electron chi connectivity index (χ4n) is 4.38. The molecule has 0 amide bonds. The van der Waals surface area contributed by atoms with Crippen molar-refractivity contribution >= 4 is 0 Å². The molecular formula is C17H32. The first-order valence-corrected chi connectivity index (χ1v) is 8.26. The van der Waals surface area contributed by atoms with Gasteiger partial charge in [0.25, 0.3) is 0 Å². The molecule has 0 aliphatic heterocycles. The summed E-state index contributed by atoms with van der Waals surface area (Å²) in [6.07, 6.45) is 13.5. The van der Waals surface area contributed by atoms with Crippen LogP contribution in [0.15, 0.2) is 0 Å². The molecule has 2 rings (SSSR count). The minimum absolute atomic E-state index is 0.992. The van der Waals surface area contributed by atoms with Crippen LogP contribution >= 0.6 is 0 Å². The molecular weight excluding hydrogens is 204 g/mol. The third-order valence-electron chi connectivity index (χ3n) is 5.61. The summed E-state index contributed by atoms with van der Waals surface area (Å²) < 4.78 is 0. The van der Waals surface area contributed by atoms with Crippen LogP contribution in [0.1, 0.15) is 78.6 Å². The van der Waals surface area contributed by atoms with Crippen LogP contribution in [0.5, 0.6) is 0 Å². The van der Waals surface area contributed by atoms with E-state index in [4.69, 9.17) is 0 Å². The first kappa shape index (κ1) is 13.4. The van der Waals surface area contributed by atoms with Crippen molar-refractivity contribution in [2.45, 2.75) is 78.6 Å². The van der Waals surface area contributed by atoms with Crippen LogP contribution in [-0.4, -0.2) is 0 Å². The SMILES string of the molecule is CCCC(C)C1CCC(C2CC2CCC)CC1. The lowest BCUT2D eigenvalue weighted by Gasteiger charge is -2.32. The minimum atomic E-state index is 0.992. The minimum Gasteiger partial charge on any atom is -0.0654 e. The largest absolute Gasteiger partial charge is 0.0654 e. The Hall–Kier alpha value is 0. The molecule has 0 aromatic rings. The van der Waals surface area contributed by atoms with Crippen molar-refractivity contribution in [3.05, 3.63) is 0 Å². The van der Waals surface area contributed by atoms with Gasteiger partial charge in [-0.15, -0.1) is 0 Å². The summed E-state index contributed by atoms with van der Waals surface area (Å²) in [6, 6.07) is 0. The standard InChI is InChI=1S/C17H32/c1-4-6-13(3)14-8-10-15(11-9-14)17-12-16(17)7-5-2/h13-17H,4-12H2,1-3H3. The summed E-state index contributed by atoms with van der Waals surface area (Å²) in [6.45, 7) is 7.17. The molecule has 0 nitrogen and oxygen atoms in total. The molecule has 0 N–H and O–H groups in total. The molecule has 100 valence electrons. The maximum absolute atomic E-state index is 2.49. The summed E-state index contributed by atoms with van der Waals surface area (Å²) in [5.41, 5.74) is 0. The van der Waals surface area contributed by atoms with E-state index in [1.807, 2.05) is 0 Å². The third kappa shape index (κ3) is 3.48. The van der Waals surface area contributed by atoms with E-state index in [2.05, 4.69) is 20.8 Å². The van der Waals surface area contributed by atoms with Crippen molar-refractivity contribution in [3.63, 3.8) is 0 Å². The fraction of sp³-hybridized carbons (Fsp3) is 1.00. The highest BCUT2D eigenvalue weighted by Crippen LogP contribution is 2.52. The summed E-state index contributed by atoms with van der Waals surface area (Å²) in [5, 5.41) is 0. The van der Waals surface area contributed by atoms with E-state index >= 15 is 0 Å². The van der Waals surface area contributed by atoms with Crippen LogP contribution in [0.4, 0.5) is 0 Å². The average molecular weight is 236 g/mol. The molecule has 3 unspecified atom stereocenters. The molecule has 0 aromatic heterocycles. The molecule has 2 fully saturated rings. The zero-order valence-electron chi connectivity index (χ0n) is 12.3. The molecule has 2 aliphatic rings. The maximum Gasteiger partial charge on any atom is -0.0355 e. The molecule has 0 spiro atoms. The fourth-order valence-corrected chi connectivity index (χ4v) is 4.38. The molecule has 0 saturated heterocycles. The molecule has 0 aromatic carbocycles. The molecule has 0 bridgehead atoms. The van der Waals surface area contributed by atoms with Crippen LogP contribution in [0.2, 0.25) is 0 Å². The van der Waals surface area contributed by atoms with Crippen LogP contribution in [0, 0.1) is 29.6 Å². The lowest BCUT2D eigenvalue weighted by atomic mass is 9.73. The maximum atomic E-state index is 2.49. The number of rotatable bonds is 6. The van der Waals surface area contributed by atoms with E-state index in [0.29, 0.717) is 0 Å². The van der Waals surface area contributed by atoms with Crippen LogP contribution in [0.3, 0.4) is 0 Å².